The molecule has 0 saturated carbocycles. The summed E-state index contributed by atoms with van der Waals surface area (Å²) in [6.45, 7) is 3.89. The molecule has 1 saturated heterocycles. The van der Waals surface area contributed by atoms with Crippen LogP contribution in [0.15, 0.2) is 59.0 Å². The molecule has 1 aliphatic rings. The number of benzene rings is 2. The zero-order chi connectivity index (χ0) is 17.8. The minimum absolute atomic E-state index is 0.202. The Bertz CT molecular complexity index is 800. The molecule has 26 heavy (non-hydrogen) atoms. The Morgan fingerprint density at radius 3 is 2.65 bits per heavy atom. The number of aliphatic hydroxyl groups excluding tert-OH is 1. The summed E-state index contributed by atoms with van der Waals surface area (Å²) in [6.07, 6.45) is 1.80. The van der Waals surface area contributed by atoms with Gasteiger partial charge in [0.05, 0.1) is 0 Å². The van der Waals surface area contributed by atoms with Crippen LogP contribution in [0.2, 0.25) is 0 Å². The van der Waals surface area contributed by atoms with Crippen LogP contribution in [-0.4, -0.2) is 53.8 Å². The van der Waals surface area contributed by atoms with Gasteiger partial charge in [0.25, 0.3) is 6.01 Å². The smallest absolute Gasteiger partial charge is 0.298 e. The van der Waals surface area contributed by atoms with Gasteiger partial charge in [0.15, 0.2) is 5.58 Å². The van der Waals surface area contributed by atoms with Gasteiger partial charge in [-0.1, -0.05) is 42.5 Å². The molecule has 1 N–H and O–H groups in total. The lowest BCUT2D eigenvalue weighted by atomic mass is 10.1. The van der Waals surface area contributed by atoms with Crippen LogP contribution < -0.4 is 4.90 Å². The van der Waals surface area contributed by atoms with E-state index < -0.39 is 0 Å². The highest BCUT2D eigenvalue weighted by atomic mass is 16.4. The molecule has 1 aromatic heterocycles. The van der Waals surface area contributed by atoms with E-state index in [1.165, 1.54) is 5.56 Å². The second-order valence-corrected chi connectivity index (χ2v) is 6.85. The third kappa shape index (κ3) is 3.74. The summed E-state index contributed by atoms with van der Waals surface area (Å²) in [5.74, 6) is 0. The van der Waals surface area contributed by atoms with Gasteiger partial charge in [-0.3, -0.25) is 4.90 Å². The molecule has 1 atom stereocenters. The number of anilines is 1. The molecule has 2 aromatic carbocycles. The van der Waals surface area contributed by atoms with Gasteiger partial charge in [0.2, 0.25) is 0 Å². The van der Waals surface area contributed by atoms with Gasteiger partial charge in [-0.15, -0.1) is 0 Å². The number of rotatable bonds is 6. The minimum atomic E-state index is 0.202. The van der Waals surface area contributed by atoms with Crippen LogP contribution in [0.4, 0.5) is 6.01 Å². The van der Waals surface area contributed by atoms with E-state index >= 15 is 0 Å². The number of oxazole rings is 1. The second kappa shape index (κ2) is 7.89. The van der Waals surface area contributed by atoms with E-state index in [9.17, 15) is 5.11 Å². The van der Waals surface area contributed by atoms with Crippen LogP contribution in [0.25, 0.3) is 11.1 Å². The average Bonchev–Trinajstić information content (AvgIpc) is 3.12. The quantitative estimate of drug-likeness (QED) is 0.740. The molecule has 5 nitrogen and oxygen atoms in total. The first kappa shape index (κ1) is 17.1. The third-order valence-corrected chi connectivity index (χ3v) is 5.15. The van der Waals surface area contributed by atoms with Crippen molar-refractivity contribution in [2.24, 2.45) is 0 Å². The van der Waals surface area contributed by atoms with E-state index in [1.54, 1.807) is 0 Å². The number of para-hydroxylation sites is 2. The van der Waals surface area contributed by atoms with Crippen molar-refractivity contribution in [2.75, 3.05) is 37.7 Å². The zero-order valence-electron chi connectivity index (χ0n) is 14.9. The van der Waals surface area contributed by atoms with Gasteiger partial charge in [0, 0.05) is 38.8 Å². The lowest BCUT2D eigenvalue weighted by molar-refractivity contribution is 0.141. The van der Waals surface area contributed by atoms with Crippen molar-refractivity contribution >= 4 is 17.1 Å². The normalized spacial score (nSPS) is 18.5. The van der Waals surface area contributed by atoms with Gasteiger partial charge in [0.1, 0.15) is 5.52 Å². The highest BCUT2D eigenvalue weighted by Crippen LogP contribution is 2.24. The fraction of sp³-hybridized carbons (Fsp3) is 0.381. The first-order valence-electron chi connectivity index (χ1n) is 9.33. The minimum Gasteiger partial charge on any atom is -0.423 e. The molecule has 1 unspecified atom stereocenters. The maximum atomic E-state index is 9.51. The molecular weight excluding hydrogens is 326 g/mol. The summed E-state index contributed by atoms with van der Waals surface area (Å²) < 4.78 is 5.93. The van der Waals surface area contributed by atoms with E-state index in [4.69, 9.17) is 4.42 Å². The molecule has 1 aliphatic heterocycles. The Labute approximate surface area is 153 Å². The summed E-state index contributed by atoms with van der Waals surface area (Å²) in [4.78, 5) is 9.32. The van der Waals surface area contributed by atoms with E-state index in [1.807, 2.05) is 24.3 Å². The third-order valence-electron chi connectivity index (χ3n) is 5.15. The van der Waals surface area contributed by atoms with E-state index in [0.29, 0.717) is 12.1 Å². The first-order valence-corrected chi connectivity index (χ1v) is 9.33. The first-order chi connectivity index (χ1) is 12.8. The number of fused-ring (bicyclic) bond motifs is 1. The van der Waals surface area contributed by atoms with Crippen molar-refractivity contribution in [1.29, 1.82) is 0 Å². The molecule has 0 aliphatic carbocycles. The molecular formula is C21H25N3O2. The molecule has 0 amide bonds. The predicted molar refractivity (Wildman–Crippen MR) is 103 cm³/mol. The predicted octanol–water partition coefficient (Wildman–Crippen LogP) is 2.94. The molecule has 2 heterocycles. The topological polar surface area (TPSA) is 52.7 Å². The van der Waals surface area contributed by atoms with Crippen molar-refractivity contribution in [3.63, 3.8) is 0 Å². The number of aliphatic hydroxyl groups is 1. The summed E-state index contributed by atoms with van der Waals surface area (Å²) in [5.41, 5.74) is 3.08. The molecule has 3 aromatic rings. The summed E-state index contributed by atoms with van der Waals surface area (Å²) in [5, 5.41) is 9.51. The van der Waals surface area contributed by atoms with Gasteiger partial charge < -0.3 is 14.4 Å². The fourth-order valence-corrected chi connectivity index (χ4v) is 3.70. The largest absolute Gasteiger partial charge is 0.423 e. The van der Waals surface area contributed by atoms with Crippen molar-refractivity contribution in [3.05, 3.63) is 60.2 Å². The Morgan fingerprint density at radius 1 is 1.04 bits per heavy atom. The lowest BCUT2D eigenvalue weighted by Gasteiger charge is -2.40. The van der Waals surface area contributed by atoms with Crippen LogP contribution in [0.5, 0.6) is 0 Å². The number of piperazine rings is 1. The van der Waals surface area contributed by atoms with Gasteiger partial charge in [-0.05, 0) is 30.5 Å². The summed E-state index contributed by atoms with van der Waals surface area (Å²) in [6, 6.07) is 19.5. The van der Waals surface area contributed by atoms with E-state index in [-0.39, 0.29) is 6.61 Å². The van der Waals surface area contributed by atoms with Gasteiger partial charge >= 0.3 is 0 Å². The van der Waals surface area contributed by atoms with Gasteiger partial charge in [-0.25, -0.2) is 0 Å². The second-order valence-electron chi connectivity index (χ2n) is 6.85. The maximum Gasteiger partial charge on any atom is 0.298 e. The Kier molecular flexibility index (Phi) is 5.18. The number of hydrogen-bond donors (Lipinski definition) is 1. The highest BCUT2D eigenvalue weighted by Gasteiger charge is 2.28. The average molecular weight is 351 g/mol. The van der Waals surface area contributed by atoms with Gasteiger partial charge in [-0.2, -0.15) is 4.98 Å². The van der Waals surface area contributed by atoms with Crippen LogP contribution in [0.1, 0.15) is 12.0 Å². The van der Waals surface area contributed by atoms with E-state index in [0.717, 1.165) is 50.1 Å². The molecule has 0 bridgehead atoms. The van der Waals surface area contributed by atoms with Crippen LogP contribution in [-0.2, 0) is 6.42 Å². The standard InChI is InChI=1S/C21H25N3O2/c25-15-11-18-16-24(21-22-19-8-4-5-9-20(19)26-21)14-13-23(18)12-10-17-6-2-1-3-7-17/h1-9,18,25H,10-16H2. The Balaban J connectivity index is 1.43. The number of hydrogen-bond acceptors (Lipinski definition) is 5. The fourth-order valence-electron chi connectivity index (χ4n) is 3.70. The van der Waals surface area contributed by atoms with E-state index in [2.05, 4.69) is 45.1 Å². The van der Waals surface area contributed by atoms with Crippen molar-refractivity contribution in [3.8, 4) is 0 Å². The Hall–Kier alpha value is -2.37. The SMILES string of the molecule is OCCC1CN(c2nc3ccccc3o2)CCN1CCc1ccccc1. The molecule has 0 radical (unpaired) electrons. The molecule has 1 fully saturated rings. The summed E-state index contributed by atoms with van der Waals surface area (Å²) in [7, 11) is 0. The number of nitrogens with zero attached hydrogens (tertiary/aromatic N) is 3. The lowest BCUT2D eigenvalue weighted by Crippen LogP contribution is -2.54. The van der Waals surface area contributed by atoms with Crippen LogP contribution in [0, 0.1) is 0 Å². The van der Waals surface area contributed by atoms with Crippen molar-refractivity contribution in [2.45, 2.75) is 18.9 Å². The molecule has 5 heteroatoms. The van der Waals surface area contributed by atoms with Crippen molar-refractivity contribution in [1.82, 2.24) is 9.88 Å². The van der Waals surface area contributed by atoms with Crippen LogP contribution in [0.3, 0.4) is 0 Å². The highest BCUT2D eigenvalue weighted by molar-refractivity contribution is 5.74. The summed E-state index contributed by atoms with van der Waals surface area (Å²) >= 11 is 0. The molecule has 4 rings (SSSR count). The molecule has 136 valence electrons. The van der Waals surface area contributed by atoms with Crippen LogP contribution >= 0.6 is 0 Å². The van der Waals surface area contributed by atoms with Crippen molar-refractivity contribution < 1.29 is 9.52 Å². The maximum absolute atomic E-state index is 9.51. The monoisotopic (exact) mass is 351 g/mol. The Morgan fingerprint density at radius 2 is 1.85 bits per heavy atom. The number of aromatic nitrogens is 1. The zero-order valence-corrected chi connectivity index (χ0v) is 14.9. The molecule has 0 spiro atoms.